The number of benzene rings is 2. The third kappa shape index (κ3) is 3.03. The summed E-state index contributed by atoms with van der Waals surface area (Å²) in [7, 11) is 3.84. The predicted octanol–water partition coefficient (Wildman–Crippen LogP) is 3.24. The topological polar surface area (TPSA) is 58.4 Å². The van der Waals surface area contributed by atoms with Crippen LogP contribution in [-0.4, -0.2) is 20.0 Å². The fourth-order valence-electron chi connectivity index (χ4n) is 1.83. The number of amides is 1. The van der Waals surface area contributed by atoms with Crippen molar-refractivity contribution in [3.8, 4) is 0 Å². The molecule has 4 nitrogen and oxygen atoms in total. The monoisotopic (exact) mass is 289 g/mol. The maximum atomic E-state index is 12.2. The van der Waals surface area contributed by atoms with E-state index in [1.807, 2.05) is 43.3 Å². The van der Waals surface area contributed by atoms with Crippen molar-refractivity contribution in [2.45, 2.75) is 0 Å². The van der Waals surface area contributed by atoms with E-state index in [1.54, 1.807) is 18.2 Å². The number of nitrogens with zero attached hydrogens (tertiary/aromatic N) is 1. The molecule has 0 aromatic heterocycles. The molecular weight excluding hydrogens is 274 g/mol. The quantitative estimate of drug-likeness (QED) is 0.853. The van der Waals surface area contributed by atoms with E-state index in [-0.39, 0.29) is 5.91 Å². The minimum atomic E-state index is -0.221. The summed E-state index contributed by atoms with van der Waals surface area (Å²) in [6.07, 6.45) is 0. The molecular formula is C15H16ClN3O. The molecule has 0 spiro atoms. The van der Waals surface area contributed by atoms with Gasteiger partial charge in [-0.1, -0.05) is 23.7 Å². The van der Waals surface area contributed by atoms with E-state index in [9.17, 15) is 4.79 Å². The van der Waals surface area contributed by atoms with Crippen LogP contribution < -0.4 is 16.0 Å². The molecule has 0 saturated heterocycles. The molecule has 0 saturated carbocycles. The number of hydrogen-bond donors (Lipinski definition) is 2. The summed E-state index contributed by atoms with van der Waals surface area (Å²) in [5.74, 6) is -0.221. The van der Waals surface area contributed by atoms with E-state index >= 15 is 0 Å². The molecule has 0 radical (unpaired) electrons. The molecule has 2 aromatic carbocycles. The van der Waals surface area contributed by atoms with Crippen LogP contribution in [0, 0.1) is 0 Å². The highest BCUT2D eigenvalue weighted by molar-refractivity contribution is 6.33. The van der Waals surface area contributed by atoms with Gasteiger partial charge < -0.3 is 16.0 Å². The molecule has 5 heteroatoms. The Morgan fingerprint density at radius 3 is 2.55 bits per heavy atom. The number of para-hydroxylation sites is 2. The largest absolute Gasteiger partial charge is 0.398 e. The Balaban J connectivity index is 2.26. The number of rotatable bonds is 3. The van der Waals surface area contributed by atoms with Crippen LogP contribution in [0.3, 0.4) is 0 Å². The van der Waals surface area contributed by atoms with Gasteiger partial charge in [-0.15, -0.1) is 0 Å². The summed E-state index contributed by atoms with van der Waals surface area (Å²) in [4.78, 5) is 14.2. The molecule has 104 valence electrons. The van der Waals surface area contributed by atoms with Crippen molar-refractivity contribution in [3.63, 3.8) is 0 Å². The third-order valence-corrected chi connectivity index (χ3v) is 3.22. The Kier molecular flexibility index (Phi) is 4.15. The molecule has 2 rings (SSSR count). The standard InChI is InChI=1S/C15H16ClN3O/c1-19(2)14-6-4-3-5-13(14)18-15(20)10-7-8-12(17)11(16)9-10/h3-9H,17H2,1-2H3,(H,18,20). The SMILES string of the molecule is CN(C)c1ccccc1NC(=O)c1ccc(N)c(Cl)c1. The molecule has 0 aliphatic heterocycles. The Morgan fingerprint density at radius 1 is 1.20 bits per heavy atom. The number of anilines is 3. The summed E-state index contributed by atoms with van der Waals surface area (Å²) < 4.78 is 0. The first-order valence-electron chi connectivity index (χ1n) is 6.12. The second-order valence-corrected chi connectivity index (χ2v) is 5.01. The summed E-state index contributed by atoms with van der Waals surface area (Å²) >= 11 is 5.93. The van der Waals surface area contributed by atoms with Crippen LogP contribution in [0.25, 0.3) is 0 Å². The Morgan fingerprint density at radius 2 is 1.90 bits per heavy atom. The van der Waals surface area contributed by atoms with E-state index in [2.05, 4.69) is 5.32 Å². The van der Waals surface area contributed by atoms with Gasteiger partial charge in [0.2, 0.25) is 0 Å². The Hall–Kier alpha value is -2.20. The zero-order chi connectivity index (χ0) is 14.7. The molecule has 1 amide bonds. The second kappa shape index (κ2) is 5.84. The van der Waals surface area contributed by atoms with Gasteiger partial charge in [0.05, 0.1) is 22.1 Å². The molecule has 0 unspecified atom stereocenters. The molecule has 0 heterocycles. The normalized spacial score (nSPS) is 10.2. The number of nitrogens with one attached hydrogen (secondary N) is 1. The fraction of sp³-hybridized carbons (Fsp3) is 0.133. The lowest BCUT2D eigenvalue weighted by atomic mass is 10.2. The van der Waals surface area contributed by atoms with Gasteiger partial charge in [0.15, 0.2) is 0 Å². The first-order valence-corrected chi connectivity index (χ1v) is 6.49. The van der Waals surface area contributed by atoms with Crippen LogP contribution in [0.15, 0.2) is 42.5 Å². The summed E-state index contributed by atoms with van der Waals surface area (Å²) in [6.45, 7) is 0. The van der Waals surface area contributed by atoms with Crippen LogP contribution in [0.5, 0.6) is 0 Å². The van der Waals surface area contributed by atoms with Crippen molar-refractivity contribution in [1.29, 1.82) is 0 Å². The van der Waals surface area contributed by atoms with Crippen LogP contribution in [0.4, 0.5) is 17.1 Å². The van der Waals surface area contributed by atoms with Crippen LogP contribution in [0.2, 0.25) is 5.02 Å². The van der Waals surface area contributed by atoms with E-state index in [1.165, 1.54) is 0 Å². The van der Waals surface area contributed by atoms with Crippen molar-refractivity contribution in [2.75, 3.05) is 30.0 Å². The summed E-state index contributed by atoms with van der Waals surface area (Å²) in [6, 6.07) is 12.4. The molecule has 0 bridgehead atoms. The van der Waals surface area contributed by atoms with Crippen molar-refractivity contribution in [1.82, 2.24) is 0 Å². The van der Waals surface area contributed by atoms with Gasteiger partial charge in [-0.05, 0) is 30.3 Å². The average molecular weight is 290 g/mol. The molecule has 3 N–H and O–H groups in total. The van der Waals surface area contributed by atoms with Gasteiger partial charge in [0, 0.05) is 19.7 Å². The number of nitrogen functional groups attached to an aromatic ring is 1. The smallest absolute Gasteiger partial charge is 0.255 e. The highest BCUT2D eigenvalue weighted by atomic mass is 35.5. The lowest BCUT2D eigenvalue weighted by Crippen LogP contribution is -2.16. The average Bonchev–Trinajstić information content (AvgIpc) is 2.42. The van der Waals surface area contributed by atoms with E-state index in [4.69, 9.17) is 17.3 Å². The summed E-state index contributed by atoms with van der Waals surface area (Å²) in [5, 5.41) is 3.25. The molecule has 20 heavy (non-hydrogen) atoms. The number of carbonyl (C=O) groups is 1. The lowest BCUT2D eigenvalue weighted by Gasteiger charge is -2.17. The van der Waals surface area contributed by atoms with E-state index in [0.717, 1.165) is 11.4 Å². The number of hydrogen-bond acceptors (Lipinski definition) is 3. The first-order chi connectivity index (χ1) is 9.49. The molecule has 2 aromatic rings. The summed E-state index contributed by atoms with van der Waals surface area (Å²) in [5.41, 5.74) is 8.24. The molecule has 0 aliphatic rings. The first kappa shape index (κ1) is 14.2. The van der Waals surface area contributed by atoms with Crippen molar-refractivity contribution in [3.05, 3.63) is 53.1 Å². The minimum absolute atomic E-state index is 0.221. The lowest BCUT2D eigenvalue weighted by molar-refractivity contribution is 0.102. The zero-order valence-electron chi connectivity index (χ0n) is 11.4. The van der Waals surface area contributed by atoms with Crippen LogP contribution in [-0.2, 0) is 0 Å². The Labute approximate surface area is 123 Å². The van der Waals surface area contributed by atoms with Gasteiger partial charge in [-0.2, -0.15) is 0 Å². The fourth-order valence-corrected chi connectivity index (χ4v) is 2.01. The highest BCUT2D eigenvalue weighted by Crippen LogP contribution is 2.25. The number of halogens is 1. The predicted molar refractivity (Wildman–Crippen MR) is 84.6 cm³/mol. The maximum absolute atomic E-state index is 12.2. The van der Waals surface area contributed by atoms with Gasteiger partial charge in [-0.25, -0.2) is 0 Å². The third-order valence-electron chi connectivity index (χ3n) is 2.90. The number of nitrogens with two attached hydrogens (primary N) is 1. The van der Waals surface area contributed by atoms with Crippen molar-refractivity contribution >= 4 is 34.6 Å². The molecule has 0 aliphatic carbocycles. The minimum Gasteiger partial charge on any atom is -0.398 e. The Bertz CT molecular complexity index is 641. The molecule has 0 fully saturated rings. The maximum Gasteiger partial charge on any atom is 0.255 e. The highest BCUT2D eigenvalue weighted by Gasteiger charge is 2.11. The van der Waals surface area contributed by atoms with Gasteiger partial charge in [0.1, 0.15) is 0 Å². The zero-order valence-corrected chi connectivity index (χ0v) is 12.1. The van der Waals surface area contributed by atoms with Crippen LogP contribution >= 0.6 is 11.6 Å². The second-order valence-electron chi connectivity index (χ2n) is 4.60. The number of carbonyl (C=O) groups excluding carboxylic acids is 1. The van der Waals surface area contributed by atoms with Crippen molar-refractivity contribution in [2.24, 2.45) is 0 Å². The van der Waals surface area contributed by atoms with Gasteiger partial charge in [0.25, 0.3) is 5.91 Å². The van der Waals surface area contributed by atoms with E-state index in [0.29, 0.717) is 16.3 Å². The van der Waals surface area contributed by atoms with Gasteiger partial charge in [-0.3, -0.25) is 4.79 Å². The van der Waals surface area contributed by atoms with Crippen LogP contribution in [0.1, 0.15) is 10.4 Å². The molecule has 0 atom stereocenters. The van der Waals surface area contributed by atoms with E-state index < -0.39 is 0 Å². The van der Waals surface area contributed by atoms with Gasteiger partial charge >= 0.3 is 0 Å². The van der Waals surface area contributed by atoms with Crippen molar-refractivity contribution < 1.29 is 4.79 Å².